The van der Waals surface area contributed by atoms with E-state index in [4.69, 9.17) is 11.6 Å². The summed E-state index contributed by atoms with van der Waals surface area (Å²) < 4.78 is 29.0. The highest BCUT2D eigenvalue weighted by molar-refractivity contribution is 7.91. The summed E-state index contributed by atoms with van der Waals surface area (Å²) in [5.74, 6) is -1.43. The smallest absolute Gasteiger partial charge is 0.245 e. The number of Topliss-reactive ketones (excluding diaryl/α,β-unsaturated/α-hetero) is 1. The molecule has 7 rings (SSSR count). The van der Waals surface area contributed by atoms with Crippen molar-refractivity contribution in [3.8, 4) is 0 Å². The lowest BCUT2D eigenvalue weighted by Crippen LogP contribution is -2.49. The van der Waals surface area contributed by atoms with E-state index >= 15 is 0 Å². The van der Waals surface area contributed by atoms with Gasteiger partial charge < -0.3 is 19.9 Å². The molecule has 1 aromatic carbocycles. The van der Waals surface area contributed by atoms with Gasteiger partial charge in [-0.25, -0.2) is 13.4 Å². The van der Waals surface area contributed by atoms with Crippen LogP contribution in [0.1, 0.15) is 91.0 Å². The molecule has 2 aliphatic heterocycles. The quantitative estimate of drug-likeness (QED) is 0.273. The second-order valence-corrected chi connectivity index (χ2v) is 17.8. The van der Waals surface area contributed by atoms with Crippen molar-refractivity contribution >= 4 is 55.9 Å². The number of carbonyl (C=O) groups is 3. The molecule has 12 nitrogen and oxygen atoms in total. The number of carbonyl (C=O) groups excluding carboxylic acids is 3. The SMILES string of the molecule is CC(C)n1c(Cl)nc2ccncc21.CC1(S(=O)(=O)NC(=O)[C@]23CC(=O)[C@@H]4C[C@@H](O)CN4C(=O)[C@@H](Nc4ccccc4)CCCCC/C=C\[C@@H]2C3)CC1. The lowest BCUT2D eigenvalue weighted by atomic mass is 9.91. The van der Waals surface area contributed by atoms with Crippen LogP contribution in [0.15, 0.2) is 60.9 Å². The van der Waals surface area contributed by atoms with E-state index in [2.05, 4.69) is 33.9 Å². The van der Waals surface area contributed by atoms with Crippen molar-refractivity contribution in [1.82, 2.24) is 24.2 Å². The number of sulfonamides is 1. The number of pyridine rings is 1. The number of ketones is 1. The Morgan fingerprint density at radius 2 is 1.85 bits per heavy atom. The number of anilines is 1. The summed E-state index contributed by atoms with van der Waals surface area (Å²) in [5.41, 5.74) is 1.54. The molecule has 5 atom stereocenters. The number of benzene rings is 1. The first kappa shape index (κ1) is 37.9. The minimum atomic E-state index is -3.85. The first-order valence-corrected chi connectivity index (χ1v) is 20.1. The maximum absolute atomic E-state index is 13.8. The van der Waals surface area contributed by atoms with Crippen molar-refractivity contribution < 1.29 is 27.9 Å². The van der Waals surface area contributed by atoms with E-state index in [0.717, 1.165) is 42.4 Å². The Balaban J connectivity index is 0.000000299. The van der Waals surface area contributed by atoms with Crippen LogP contribution in [0.3, 0.4) is 0 Å². The van der Waals surface area contributed by atoms with Crippen LogP contribution in [0.25, 0.3) is 11.0 Å². The van der Waals surface area contributed by atoms with Crippen molar-refractivity contribution in [2.24, 2.45) is 11.3 Å². The molecule has 4 heterocycles. The lowest BCUT2D eigenvalue weighted by Gasteiger charge is -2.30. The number of rotatable bonds is 6. The predicted molar refractivity (Wildman–Crippen MR) is 200 cm³/mol. The molecule has 3 fully saturated rings. The van der Waals surface area contributed by atoms with E-state index in [1.165, 1.54) is 4.90 Å². The predicted octanol–water partition coefficient (Wildman–Crippen LogP) is 5.58. The van der Waals surface area contributed by atoms with Crippen molar-refractivity contribution in [1.29, 1.82) is 0 Å². The molecule has 1 saturated heterocycles. The van der Waals surface area contributed by atoms with Gasteiger partial charge in [0.15, 0.2) is 5.78 Å². The Kier molecular flexibility index (Phi) is 11.1. The van der Waals surface area contributed by atoms with Gasteiger partial charge in [-0.3, -0.25) is 24.1 Å². The Morgan fingerprint density at radius 3 is 2.56 bits per heavy atom. The average molecular weight is 753 g/mol. The summed E-state index contributed by atoms with van der Waals surface area (Å²) in [6, 6.07) is 10.2. The Bertz CT molecular complexity index is 1930. The zero-order chi connectivity index (χ0) is 37.3. The number of nitrogens with zero attached hydrogens (tertiary/aromatic N) is 4. The summed E-state index contributed by atoms with van der Waals surface area (Å²) in [6.07, 6.45) is 12.0. The molecule has 0 bridgehead atoms. The number of aliphatic hydroxyl groups excluding tert-OH is 1. The Hall–Kier alpha value is -3.81. The van der Waals surface area contributed by atoms with E-state index in [1.807, 2.05) is 53.1 Å². The molecule has 2 aromatic heterocycles. The number of aromatic nitrogens is 3. The van der Waals surface area contributed by atoms with Crippen molar-refractivity contribution in [2.45, 2.75) is 114 Å². The number of fused-ring (bicyclic) bond motifs is 3. The molecule has 0 spiro atoms. The molecule has 280 valence electrons. The second-order valence-electron chi connectivity index (χ2n) is 15.2. The number of imidazole rings is 1. The second kappa shape index (κ2) is 15.3. The summed E-state index contributed by atoms with van der Waals surface area (Å²) >= 11 is 5.99. The third-order valence-electron chi connectivity index (χ3n) is 10.9. The fraction of sp³-hybridized carbons (Fsp3) is 0.553. The van der Waals surface area contributed by atoms with Crippen LogP contribution in [0.5, 0.6) is 0 Å². The maximum atomic E-state index is 13.8. The van der Waals surface area contributed by atoms with Gasteiger partial charge in [0.25, 0.3) is 0 Å². The van der Waals surface area contributed by atoms with Crippen molar-refractivity contribution in [2.75, 3.05) is 11.9 Å². The molecule has 2 aliphatic carbocycles. The van der Waals surface area contributed by atoms with E-state index in [1.54, 1.807) is 19.3 Å². The van der Waals surface area contributed by atoms with E-state index < -0.39 is 44.3 Å². The van der Waals surface area contributed by atoms with Crippen molar-refractivity contribution in [3.05, 3.63) is 66.2 Å². The highest BCUT2D eigenvalue weighted by atomic mass is 35.5. The fourth-order valence-electron chi connectivity index (χ4n) is 7.36. The molecule has 2 saturated carbocycles. The Labute approximate surface area is 310 Å². The van der Waals surface area contributed by atoms with Crippen LogP contribution in [0, 0.1) is 11.3 Å². The van der Waals surface area contributed by atoms with Gasteiger partial charge in [-0.05, 0) is 95.0 Å². The van der Waals surface area contributed by atoms with Gasteiger partial charge in [-0.2, -0.15) is 0 Å². The molecule has 0 radical (unpaired) electrons. The van der Waals surface area contributed by atoms with Gasteiger partial charge >= 0.3 is 0 Å². The van der Waals surface area contributed by atoms with Gasteiger partial charge in [0.05, 0.1) is 39.5 Å². The molecule has 52 heavy (non-hydrogen) atoms. The molecular weight excluding hydrogens is 704 g/mol. The third-order valence-corrected chi connectivity index (χ3v) is 13.4. The highest BCUT2D eigenvalue weighted by Gasteiger charge is 2.62. The van der Waals surface area contributed by atoms with E-state index in [0.29, 0.717) is 37.0 Å². The molecule has 4 aliphatic rings. The first-order chi connectivity index (χ1) is 24.7. The standard InChI is InChI=1S/C29H39N3O6S.C9H10ClN3/c1-28(14-15-28)39(37,38)31-27(36)29-17-20(29)10-6-3-2-4-9-13-23(30-21-11-7-5-8-12-21)26(35)32-19-22(33)16-24(32)25(34)18-29;1-6(2)13-8-5-11-4-3-7(8)12-9(13)10/h5-8,10-12,20,22-24,30,33H,2-4,9,13-19H2,1H3,(H,31,36);3-6H,1-2H3/b10-6-;/t20-,22-,23+,24+,29-;/m1./s1. The monoisotopic (exact) mass is 752 g/mol. The van der Waals surface area contributed by atoms with E-state index in [9.17, 15) is 27.9 Å². The largest absolute Gasteiger partial charge is 0.391 e. The minimum absolute atomic E-state index is 0.0530. The Morgan fingerprint density at radius 1 is 1.10 bits per heavy atom. The van der Waals surface area contributed by atoms with Crippen molar-refractivity contribution in [3.63, 3.8) is 0 Å². The van der Waals surface area contributed by atoms with Crippen LogP contribution in [0.2, 0.25) is 5.28 Å². The number of para-hydroxylation sites is 1. The molecule has 0 unspecified atom stereocenters. The van der Waals surface area contributed by atoms with Gasteiger partial charge in [0.2, 0.25) is 27.1 Å². The normalized spacial score (nSPS) is 28.1. The summed E-state index contributed by atoms with van der Waals surface area (Å²) in [5, 5.41) is 14.3. The van der Waals surface area contributed by atoms with Gasteiger partial charge in [-0.1, -0.05) is 43.2 Å². The molecular formula is C38H49ClN6O6S. The molecule has 14 heteroatoms. The number of halogens is 1. The number of amides is 2. The maximum Gasteiger partial charge on any atom is 0.245 e. The third kappa shape index (κ3) is 8.06. The molecule has 3 aromatic rings. The minimum Gasteiger partial charge on any atom is -0.391 e. The topological polar surface area (TPSA) is 164 Å². The molecule has 2 amide bonds. The number of nitrogens with one attached hydrogen (secondary N) is 2. The van der Waals surface area contributed by atoms with Gasteiger partial charge in [-0.15, -0.1) is 0 Å². The average Bonchev–Trinajstić information content (AvgIpc) is 3.94. The number of aliphatic hydroxyl groups is 1. The van der Waals surface area contributed by atoms with Gasteiger partial charge in [0.1, 0.15) is 6.04 Å². The summed E-state index contributed by atoms with van der Waals surface area (Å²) in [4.78, 5) is 50.7. The number of hydrogen-bond donors (Lipinski definition) is 3. The highest BCUT2D eigenvalue weighted by Crippen LogP contribution is 2.57. The molecule has 3 N–H and O–H groups in total. The zero-order valence-corrected chi connectivity index (χ0v) is 31.6. The van der Waals surface area contributed by atoms with E-state index in [-0.39, 0.29) is 37.0 Å². The lowest BCUT2D eigenvalue weighted by molar-refractivity contribution is -0.139. The summed E-state index contributed by atoms with van der Waals surface area (Å²) in [6.45, 7) is 5.81. The number of allylic oxidation sites excluding steroid dienone is 2. The van der Waals surface area contributed by atoms with Crippen LogP contribution < -0.4 is 10.0 Å². The van der Waals surface area contributed by atoms with Crippen LogP contribution in [-0.2, 0) is 24.4 Å². The summed E-state index contributed by atoms with van der Waals surface area (Å²) in [7, 11) is -3.85. The van der Waals surface area contributed by atoms with Gasteiger partial charge in [0, 0.05) is 37.3 Å². The first-order valence-electron chi connectivity index (χ1n) is 18.3. The van der Waals surface area contributed by atoms with Crippen LogP contribution in [-0.4, -0.2) is 80.0 Å². The van der Waals surface area contributed by atoms with Crippen LogP contribution in [0.4, 0.5) is 5.69 Å². The fourth-order valence-corrected chi connectivity index (χ4v) is 9.07. The zero-order valence-electron chi connectivity index (χ0n) is 30.0. The van der Waals surface area contributed by atoms with Crippen LogP contribution >= 0.6 is 11.6 Å². The number of hydrogen-bond acceptors (Lipinski definition) is 9.